The number of anilines is 2. The standard InChI is InChI=1S/C12H12BrN3O2/c1-16(2)8-4-3-7-14-11(8)15-12(17)9-5-6-10(13)18-9/h3-7H,1-2H3,(H,14,15,17). The fourth-order valence-corrected chi connectivity index (χ4v) is 1.77. The quantitative estimate of drug-likeness (QED) is 0.947. The van der Waals surface area contributed by atoms with Crippen LogP contribution in [0.25, 0.3) is 0 Å². The van der Waals surface area contributed by atoms with Crippen LogP contribution in [0, 0.1) is 0 Å². The van der Waals surface area contributed by atoms with E-state index in [2.05, 4.69) is 26.2 Å². The third-order valence-electron chi connectivity index (χ3n) is 2.30. The topological polar surface area (TPSA) is 58.4 Å². The van der Waals surface area contributed by atoms with Crippen LogP contribution in [0.3, 0.4) is 0 Å². The van der Waals surface area contributed by atoms with E-state index >= 15 is 0 Å². The Labute approximate surface area is 113 Å². The second-order valence-electron chi connectivity index (χ2n) is 3.82. The van der Waals surface area contributed by atoms with Crippen LogP contribution >= 0.6 is 15.9 Å². The number of rotatable bonds is 3. The summed E-state index contributed by atoms with van der Waals surface area (Å²) >= 11 is 3.15. The summed E-state index contributed by atoms with van der Waals surface area (Å²) in [4.78, 5) is 17.9. The molecule has 0 spiro atoms. The molecule has 94 valence electrons. The Bertz CT molecular complexity index is 566. The maximum absolute atomic E-state index is 11.9. The Hall–Kier alpha value is -1.82. The van der Waals surface area contributed by atoms with Gasteiger partial charge in [0, 0.05) is 20.3 Å². The molecule has 0 aromatic carbocycles. The van der Waals surface area contributed by atoms with E-state index in [0.717, 1.165) is 5.69 Å². The first kappa shape index (κ1) is 12.6. The minimum atomic E-state index is -0.331. The van der Waals surface area contributed by atoms with Gasteiger partial charge >= 0.3 is 0 Å². The number of hydrogen-bond acceptors (Lipinski definition) is 4. The normalized spacial score (nSPS) is 10.2. The van der Waals surface area contributed by atoms with Crippen molar-refractivity contribution >= 4 is 33.3 Å². The molecule has 2 rings (SSSR count). The first-order valence-corrected chi connectivity index (χ1v) is 6.06. The predicted molar refractivity (Wildman–Crippen MR) is 72.9 cm³/mol. The van der Waals surface area contributed by atoms with Crippen molar-refractivity contribution in [3.8, 4) is 0 Å². The third kappa shape index (κ3) is 2.70. The first-order chi connectivity index (χ1) is 8.58. The SMILES string of the molecule is CN(C)c1cccnc1NC(=O)c1ccc(Br)o1. The Kier molecular flexibility index (Phi) is 3.66. The van der Waals surface area contributed by atoms with E-state index < -0.39 is 0 Å². The minimum Gasteiger partial charge on any atom is -0.444 e. The van der Waals surface area contributed by atoms with Crippen LogP contribution in [0.2, 0.25) is 0 Å². The highest BCUT2D eigenvalue weighted by atomic mass is 79.9. The minimum absolute atomic E-state index is 0.234. The van der Waals surface area contributed by atoms with Gasteiger partial charge in [-0.05, 0) is 40.2 Å². The van der Waals surface area contributed by atoms with Crippen molar-refractivity contribution in [2.24, 2.45) is 0 Å². The van der Waals surface area contributed by atoms with Gasteiger partial charge in [0.2, 0.25) is 0 Å². The molecule has 0 bridgehead atoms. The maximum Gasteiger partial charge on any atom is 0.292 e. The van der Waals surface area contributed by atoms with Gasteiger partial charge in [0.15, 0.2) is 16.2 Å². The fourth-order valence-electron chi connectivity index (χ4n) is 1.46. The zero-order valence-electron chi connectivity index (χ0n) is 9.98. The summed E-state index contributed by atoms with van der Waals surface area (Å²) in [6, 6.07) is 6.95. The first-order valence-electron chi connectivity index (χ1n) is 5.27. The van der Waals surface area contributed by atoms with E-state index in [1.54, 1.807) is 18.3 Å². The molecule has 0 saturated heterocycles. The lowest BCUT2D eigenvalue weighted by Gasteiger charge is -2.16. The molecular weight excluding hydrogens is 298 g/mol. The van der Waals surface area contributed by atoms with Crippen LogP contribution in [0.15, 0.2) is 39.5 Å². The molecular formula is C12H12BrN3O2. The van der Waals surface area contributed by atoms with Crippen LogP contribution in [0.4, 0.5) is 11.5 Å². The van der Waals surface area contributed by atoms with E-state index in [9.17, 15) is 4.79 Å². The number of halogens is 1. The molecule has 6 heteroatoms. The molecule has 0 aliphatic rings. The number of amides is 1. The Morgan fingerprint density at radius 1 is 1.39 bits per heavy atom. The number of aromatic nitrogens is 1. The van der Waals surface area contributed by atoms with Crippen molar-refractivity contribution in [3.05, 3.63) is 40.9 Å². The van der Waals surface area contributed by atoms with E-state index in [1.807, 2.05) is 31.1 Å². The molecule has 18 heavy (non-hydrogen) atoms. The molecule has 0 aliphatic carbocycles. The van der Waals surface area contributed by atoms with Gasteiger partial charge in [-0.25, -0.2) is 4.98 Å². The molecule has 0 atom stereocenters. The second-order valence-corrected chi connectivity index (χ2v) is 4.61. The average Bonchev–Trinajstić information content (AvgIpc) is 2.76. The van der Waals surface area contributed by atoms with Crippen molar-refractivity contribution in [2.45, 2.75) is 0 Å². The zero-order chi connectivity index (χ0) is 13.1. The molecule has 2 heterocycles. The van der Waals surface area contributed by atoms with Crippen LogP contribution in [0.1, 0.15) is 10.6 Å². The lowest BCUT2D eigenvalue weighted by Crippen LogP contribution is -2.17. The zero-order valence-corrected chi connectivity index (χ0v) is 11.6. The molecule has 2 aromatic heterocycles. The molecule has 0 fully saturated rings. The monoisotopic (exact) mass is 309 g/mol. The van der Waals surface area contributed by atoms with Crippen molar-refractivity contribution in [2.75, 3.05) is 24.3 Å². The van der Waals surface area contributed by atoms with Gasteiger partial charge in [-0.1, -0.05) is 0 Å². The molecule has 0 saturated carbocycles. The number of nitrogens with zero attached hydrogens (tertiary/aromatic N) is 2. The van der Waals surface area contributed by atoms with Crippen LogP contribution in [0.5, 0.6) is 0 Å². The second kappa shape index (κ2) is 5.22. The average molecular weight is 310 g/mol. The summed E-state index contributed by atoms with van der Waals surface area (Å²) in [5, 5.41) is 2.72. The van der Waals surface area contributed by atoms with Crippen molar-refractivity contribution in [3.63, 3.8) is 0 Å². The molecule has 1 N–H and O–H groups in total. The highest BCUT2D eigenvalue weighted by molar-refractivity contribution is 9.10. The number of carbonyl (C=O) groups is 1. The Balaban J connectivity index is 2.22. The molecule has 0 aliphatic heterocycles. The summed E-state index contributed by atoms with van der Waals surface area (Å²) in [6.45, 7) is 0. The number of nitrogens with one attached hydrogen (secondary N) is 1. The van der Waals surface area contributed by atoms with Crippen LogP contribution < -0.4 is 10.2 Å². The summed E-state index contributed by atoms with van der Waals surface area (Å²) in [5.74, 6) is 0.403. The highest BCUT2D eigenvalue weighted by Crippen LogP contribution is 2.22. The Morgan fingerprint density at radius 2 is 2.17 bits per heavy atom. The van der Waals surface area contributed by atoms with Gasteiger partial charge < -0.3 is 14.6 Å². The van der Waals surface area contributed by atoms with Crippen molar-refractivity contribution < 1.29 is 9.21 Å². The summed E-state index contributed by atoms with van der Waals surface area (Å²) in [6.07, 6.45) is 1.63. The molecule has 0 radical (unpaired) electrons. The largest absolute Gasteiger partial charge is 0.444 e. The van der Waals surface area contributed by atoms with Crippen molar-refractivity contribution in [1.82, 2.24) is 4.98 Å². The van der Waals surface area contributed by atoms with Crippen molar-refractivity contribution in [1.29, 1.82) is 0 Å². The third-order valence-corrected chi connectivity index (χ3v) is 2.72. The summed E-state index contributed by atoms with van der Waals surface area (Å²) in [7, 11) is 3.77. The molecule has 0 unspecified atom stereocenters. The number of furan rings is 1. The van der Waals surface area contributed by atoms with Gasteiger partial charge in [0.1, 0.15) is 0 Å². The van der Waals surface area contributed by atoms with Gasteiger partial charge in [-0.15, -0.1) is 0 Å². The van der Waals surface area contributed by atoms with Gasteiger partial charge in [-0.3, -0.25) is 4.79 Å². The predicted octanol–water partition coefficient (Wildman–Crippen LogP) is 2.76. The summed E-state index contributed by atoms with van der Waals surface area (Å²) in [5.41, 5.74) is 0.830. The van der Waals surface area contributed by atoms with E-state index in [1.165, 1.54) is 0 Å². The number of carbonyl (C=O) groups excluding carboxylic acids is 1. The lowest BCUT2D eigenvalue weighted by molar-refractivity contribution is 0.0995. The fraction of sp³-hybridized carbons (Fsp3) is 0.167. The highest BCUT2D eigenvalue weighted by Gasteiger charge is 2.14. The van der Waals surface area contributed by atoms with Gasteiger partial charge in [-0.2, -0.15) is 0 Å². The lowest BCUT2D eigenvalue weighted by atomic mass is 10.3. The van der Waals surface area contributed by atoms with Gasteiger partial charge in [0.05, 0.1) is 5.69 Å². The molecule has 1 amide bonds. The van der Waals surface area contributed by atoms with E-state index in [-0.39, 0.29) is 11.7 Å². The number of pyridine rings is 1. The molecule has 5 nitrogen and oxygen atoms in total. The van der Waals surface area contributed by atoms with Gasteiger partial charge in [0.25, 0.3) is 5.91 Å². The number of hydrogen-bond donors (Lipinski definition) is 1. The van der Waals surface area contributed by atoms with Crippen LogP contribution in [-0.4, -0.2) is 25.0 Å². The smallest absolute Gasteiger partial charge is 0.292 e. The van der Waals surface area contributed by atoms with E-state index in [0.29, 0.717) is 10.5 Å². The maximum atomic E-state index is 11.9. The van der Waals surface area contributed by atoms with Crippen LogP contribution in [-0.2, 0) is 0 Å². The summed E-state index contributed by atoms with van der Waals surface area (Å²) < 4.78 is 5.70. The molecule has 2 aromatic rings. The van der Waals surface area contributed by atoms with E-state index in [4.69, 9.17) is 4.42 Å². The Morgan fingerprint density at radius 3 is 2.78 bits per heavy atom.